The van der Waals surface area contributed by atoms with Crippen LogP contribution >= 0.6 is 11.3 Å². The average Bonchev–Trinajstić information content (AvgIpc) is 3.18. The molecule has 0 N–H and O–H groups in total. The molecule has 0 bridgehead atoms. The van der Waals surface area contributed by atoms with E-state index >= 15 is 0 Å². The third-order valence-corrected chi connectivity index (χ3v) is 5.53. The molecule has 144 valence electrons. The van der Waals surface area contributed by atoms with E-state index in [-0.39, 0.29) is 12.0 Å². The first-order valence-electron chi connectivity index (χ1n) is 9.17. The summed E-state index contributed by atoms with van der Waals surface area (Å²) in [7, 11) is 0. The summed E-state index contributed by atoms with van der Waals surface area (Å²) in [4.78, 5) is 30.6. The Kier molecular flexibility index (Phi) is 5.25. The number of likely N-dealkylation sites (tertiary alicyclic amines) is 1. The van der Waals surface area contributed by atoms with Gasteiger partial charge < -0.3 is 14.1 Å². The second-order valence-electron chi connectivity index (χ2n) is 6.74. The Morgan fingerprint density at radius 1 is 1.21 bits per heavy atom. The van der Waals surface area contributed by atoms with Gasteiger partial charge in [0, 0.05) is 42.9 Å². The molecule has 0 atom stereocenters. The number of benzene rings is 1. The van der Waals surface area contributed by atoms with E-state index in [0.717, 1.165) is 10.6 Å². The monoisotopic (exact) mass is 396 g/mol. The Bertz CT molecular complexity index is 1020. The highest BCUT2D eigenvalue weighted by molar-refractivity contribution is 7.13. The predicted molar refractivity (Wildman–Crippen MR) is 107 cm³/mol. The van der Waals surface area contributed by atoms with E-state index in [0.29, 0.717) is 43.1 Å². The molecule has 1 aliphatic rings. The number of aromatic nitrogens is 1. The van der Waals surface area contributed by atoms with Crippen molar-refractivity contribution in [2.75, 3.05) is 13.1 Å². The minimum absolute atomic E-state index is 0.0273. The van der Waals surface area contributed by atoms with Crippen LogP contribution in [0, 0.1) is 6.92 Å². The number of nitrogens with zero attached hydrogens (tertiary/aromatic N) is 2. The van der Waals surface area contributed by atoms with Crippen molar-refractivity contribution in [3.63, 3.8) is 0 Å². The Morgan fingerprint density at radius 3 is 2.68 bits per heavy atom. The molecule has 28 heavy (non-hydrogen) atoms. The highest BCUT2D eigenvalue weighted by atomic mass is 32.1. The van der Waals surface area contributed by atoms with Gasteiger partial charge in [-0.3, -0.25) is 4.79 Å². The normalized spacial score (nSPS) is 14.8. The molecule has 7 heteroatoms. The second kappa shape index (κ2) is 7.98. The van der Waals surface area contributed by atoms with Gasteiger partial charge in [-0.1, -0.05) is 30.3 Å². The predicted octanol–water partition coefficient (Wildman–Crippen LogP) is 3.76. The van der Waals surface area contributed by atoms with Gasteiger partial charge in [-0.05, 0) is 6.92 Å². The molecule has 0 aliphatic carbocycles. The van der Waals surface area contributed by atoms with E-state index in [1.807, 2.05) is 40.6 Å². The molecule has 3 heterocycles. The number of hydrogen-bond donors (Lipinski definition) is 0. The van der Waals surface area contributed by atoms with E-state index in [2.05, 4.69) is 4.98 Å². The molecule has 3 aromatic rings. The zero-order valence-electron chi connectivity index (χ0n) is 15.5. The lowest BCUT2D eigenvalue weighted by Gasteiger charge is -2.31. The Hall–Kier alpha value is -2.93. The van der Waals surface area contributed by atoms with Crippen LogP contribution in [0.15, 0.2) is 57.1 Å². The molecule has 1 aliphatic heterocycles. The molecule has 1 saturated heterocycles. The number of amides is 1. The topological polar surface area (TPSA) is 72.6 Å². The number of aryl methyl sites for hydroxylation is 1. The first-order chi connectivity index (χ1) is 13.6. The van der Waals surface area contributed by atoms with Crippen LogP contribution in [0.2, 0.25) is 0 Å². The van der Waals surface area contributed by atoms with E-state index in [4.69, 9.17) is 9.15 Å². The molecule has 0 radical (unpaired) electrons. The Labute approximate surface area is 166 Å². The van der Waals surface area contributed by atoms with Gasteiger partial charge >= 0.3 is 5.63 Å². The SMILES string of the molecule is Cc1cc(OC2CCN(C(=O)c3csc(-c4ccccc4)n3)CC2)cc(=O)o1. The number of ether oxygens (including phenoxy) is 1. The van der Waals surface area contributed by atoms with Crippen LogP contribution in [0.3, 0.4) is 0 Å². The van der Waals surface area contributed by atoms with Crippen LogP contribution < -0.4 is 10.4 Å². The smallest absolute Gasteiger partial charge is 0.339 e. The fraction of sp³-hybridized carbons (Fsp3) is 0.286. The lowest BCUT2D eigenvalue weighted by Crippen LogP contribution is -2.42. The molecule has 0 saturated carbocycles. The quantitative estimate of drug-likeness (QED) is 0.671. The fourth-order valence-corrected chi connectivity index (χ4v) is 4.06. The van der Waals surface area contributed by atoms with Crippen LogP contribution in [-0.4, -0.2) is 35.0 Å². The van der Waals surface area contributed by atoms with Gasteiger partial charge in [0.25, 0.3) is 5.91 Å². The highest BCUT2D eigenvalue weighted by Crippen LogP contribution is 2.25. The van der Waals surface area contributed by atoms with Crippen molar-refractivity contribution in [2.45, 2.75) is 25.9 Å². The molecule has 2 aromatic heterocycles. The van der Waals surface area contributed by atoms with Crippen molar-refractivity contribution in [1.29, 1.82) is 0 Å². The molecule has 0 unspecified atom stereocenters. The van der Waals surface area contributed by atoms with Crippen molar-refractivity contribution in [2.24, 2.45) is 0 Å². The lowest BCUT2D eigenvalue weighted by molar-refractivity contribution is 0.0590. The summed E-state index contributed by atoms with van der Waals surface area (Å²) in [6.07, 6.45) is 1.39. The summed E-state index contributed by atoms with van der Waals surface area (Å²) in [5.41, 5.74) is 1.08. The van der Waals surface area contributed by atoms with E-state index in [1.165, 1.54) is 17.4 Å². The van der Waals surface area contributed by atoms with Crippen molar-refractivity contribution < 1.29 is 13.9 Å². The third-order valence-electron chi connectivity index (χ3n) is 4.64. The van der Waals surface area contributed by atoms with Crippen LogP contribution in [0.1, 0.15) is 29.1 Å². The lowest BCUT2D eigenvalue weighted by atomic mass is 10.1. The Balaban J connectivity index is 1.36. The van der Waals surface area contributed by atoms with E-state index in [1.54, 1.807) is 13.0 Å². The van der Waals surface area contributed by atoms with Gasteiger partial charge in [-0.25, -0.2) is 9.78 Å². The average molecular weight is 396 g/mol. The molecule has 1 amide bonds. The van der Waals surface area contributed by atoms with Gasteiger partial charge in [0.1, 0.15) is 28.3 Å². The number of thiazole rings is 1. The molecular weight excluding hydrogens is 376 g/mol. The molecule has 6 nitrogen and oxygen atoms in total. The molecular formula is C21H20N2O4S. The van der Waals surface area contributed by atoms with E-state index in [9.17, 15) is 9.59 Å². The zero-order valence-corrected chi connectivity index (χ0v) is 16.3. The Morgan fingerprint density at radius 2 is 1.96 bits per heavy atom. The minimum Gasteiger partial charge on any atom is -0.490 e. The zero-order chi connectivity index (χ0) is 19.5. The van der Waals surface area contributed by atoms with Gasteiger partial charge in [0.2, 0.25) is 0 Å². The van der Waals surface area contributed by atoms with E-state index < -0.39 is 5.63 Å². The van der Waals surface area contributed by atoms with Crippen LogP contribution in [0.5, 0.6) is 5.75 Å². The second-order valence-corrected chi connectivity index (χ2v) is 7.59. The highest BCUT2D eigenvalue weighted by Gasteiger charge is 2.26. The summed E-state index contributed by atoms with van der Waals surface area (Å²) >= 11 is 1.48. The summed E-state index contributed by atoms with van der Waals surface area (Å²) < 4.78 is 10.8. The molecule has 1 fully saturated rings. The first kappa shape index (κ1) is 18.4. The summed E-state index contributed by atoms with van der Waals surface area (Å²) in [6, 6.07) is 12.9. The van der Waals surface area contributed by atoms with Gasteiger partial charge in [-0.15, -0.1) is 11.3 Å². The number of carbonyl (C=O) groups is 1. The molecule has 4 rings (SSSR count). The van der Waals surface area contributed by atoms with Crippen molar-refractivity contribution in [1.82, 2.24) is 9.88 Å². The maximum absolute atomic E-state index is 12.8. The number of rotatable bonds is 4. The number of hydrogen-bond acceptors (Lipinski definition) is 6. The summed E-state index contributed by atoms with van der Waals surface area (Å²) in [5.74, 6) is 0.992. The first-order valence-corrected chi connectivity index (χ1v) is 10.0. The van der Waals surface area contributed by atoms with Crippen molar-refractivity contribution >= 4 is 17.2 Å². The largest absolute Gasteiger partial charge is 0.490 e. The summed E-state index contributed by atoms with van der Waals surface area (Å²) in [5, 5.41) is 2.67. The molecule has 0 spiro atoms. The van der Waals surface area contributed by atoms with Gasteiger partial charge in [-0.2, -0.15) is 0 Å². The van der Waals surface area contributed by atoms with Crippen LogP contribution in [0.25, 0.3) is 10.6 Å². The number of carbonyl (C=O) groups excluding carboxylic acids is 1. The summed E-state index contributed by atoms with van der Waals surface area (Å²) in [6.45, 7) is 2.91. The number of piperidine rings is 1. The van der Waals surface area contributed by atoms with Crippen molar-refractivity contribution in [3.8, 4) is 16.3 Å². The van der Waals surface area contributed by atoms with Crippen molar-refractivity contribution in [3.05, 3.63) is 69.7 Å². The van der Waals surface area contributed by atoms with Crippen LogP contribution in [-0.2, 0) is 0 Å². The maximum atomic E-state index is 12.8. The fourth-order valence-electron chi connectivity index (χ4n) is 3.26. The van der Waals surface area contributed by atoms with Gasteiger partial charge in [0.05, 0.1) is 6.07 Å². The molecule has 1 aromatic carbocycles. The minimum atomic E-state index is -0.416. The van der Waals surface area contributed by atoms with Gasteiger partial charge in [0.15, 0.2) is 0 Å². The van der Waals surface area contributed by atoms with Crippen LogP contribution in [0.4, 0.5) is 0 Å². The third kappa shape index (κ3) is 4.14. The maximum Gasteiger partial charge on any atom is 0.339 e. The standard InChI is InChI=1S/C21H20N2O4S/c1-14-11-17(12-19(24)26-14)27-16-7-9-23(10-8-16)21(25)18-13-28-20(22-18)15-5-3-2-4-6-15/h2-6,11-13,16H,7-10H2,1H3.